The summed E-state index contributed by atoms with van der Waals surface area (Å²) in [5, 5.41) is 15.1. The summed E-state index contributed by atoms with van der Waals surface area (Å²) >= 11 is 2.52. The van der Waals surface area contributed by atoms with Crippen LogP contribution in [0.1, 0.15) is 15.9 Å². The number of carbonyl (C=O) groups excluding carboxylic acids is 2. The number of benzene rings is 1. The number of ether oxygens (including phenoxy) is 1. The van der Waals surface area contributed by atoms with Crippen LogP contribution in [0.5, 0.6) is 5.88 Å². The first-order chi connectivity index (χ1) is 14.0. The molecule has 29 heavy (non-hydrogen) atoms. The fourth-order valence-corrected chi connectivity index (χ4v) is 4.68. The van der Waals surface area contributed by atoms with Crippen LogP contribution in [0.4, 0.5) is 10.8 Å². The van der Waals surface area contributed by atoms with Crippen molar-refractivity contribution in [3.63, 3.8) is 0 Å². The molecular weight excluding hydrogens is 412 g/mol. The van der Waals surface area contributed by atoms with Crippen molar-refractivity contribution in [2.45, 2.75) is 10.8 Å². The number of anilines is 2. The number of hydrogen-bond acceptors (Lipinski definition) is 8. The van der Waals surface area contributed by atoms with Gasteiger partial charge in [-0.2, -0.15) is 0 Å². The summed E-state index contributed by atoms with van der Waals surface area (Å²) in [6.07, 6.45) is 2.44. The Bertz CT molecular complexity index is 1060. The second-order valence-corrected chi connectivity index (χ2v) is 8.47. The summed E-state index contributed by atoms with van der Waals surface area (Å²) in [5.41, 5.74) is 2.48. The molecule has 2 aromatic heterocycles. The molecule has 0 atom stereocenters. The smallest absolute Gasteiger partial charge is 0.264 e. The van der Waals surface area contributed by atoms with E-state index in [0.29, 0.717) is 21.6 Å². The number of methoxy groups -OCH3 is 1. The average molecular weight is 431 g/mol. The number of fused-ring (bicyclic) bond motifs is 1. The van der Waals surface area contributed by atoms with Gasteiger partial charge in [0.2, 0.25) is 16.9 Å². The van der Waals surface area contributed by atoms with Gasteiger partial charge in [-0.25, -0.2) is 0 Å². The molecule has 0 saturated carbocycles. The van der Waals surface area contributed by atoms with E-state index in [9.17, 15) is 9.59 Å². The molecule has 0 fully saturated rings. The molecule has 4 rings (SSSR count). The molecule has 0 bridgehead atoms. The van der Waals surface area contributed by atoms with Crippen LogP contribution >= 0.6 is 23.1 Å². The van der Waals surface area contributed by atoms with Crippen LogP contribution < -0.4 is 15.0 Å². The van der Waals surface area contributed by atoms with E-state index in [0.717, 1.165) is 12.1 Å². The Balaban J connectivity index is 1.35. The van der Waals surface area contributed by atoms with E-state index >= 15 is 0 Å². The lowest BCUT2D eigenvalue weighted by Crippen LogP contribution is -2.30. The molecule has 1 aliphatic heterocycles. The zero-order valence-corrected chi connectivity index (χ0v) is 17.4. The second kappa shape index (κ2) is 8.21. The van der Waals surface area contributed by atoms with Gasteiger partial charge in [0.25, 0.3) is 5.91 Å². The van der Waals surface area contributed by atoms with Gasteiger partial charge in [0.1, 0.15) is 5.56 Å². The summed E-state index contributed by atoms with van der Waals surface area (Å²) in [4.78, 5) is 26.8. The molecule has 150 valence electrons. The normalized spacial score (nSPS) is 12.7. The minimum absolute atomic E-state index is 0.0285. The first kappa shape index (κ1) is 19.4. The number of amides is 2. The van der Waals surface area contributed by atoms with Crippen molar-refractivity contribution in [2.24, 2.45) is 7.05 Å². The third-order valence-corrected chi connectivity index (χ3v) is 6.32. The van der Waals surface area contributed by atoms with Crippen LogP contribution in [0.3, 0.4) is 0 Å². The van der Waals surface area contributed by atoms with Gasteiger partial charge in [-0.05, 0) is 18.1 Å². The molecule has 0 aliphatic carbocycles. The highest BCUT2D eigenvalue weighted by molar-refractivity contribution is 8.01. The quantitative estimate of drug-likeness (QED) is 0.472. The summed E-state index contributed by atoms with van der Waals surface area (Å²) in [6, 6.07) is 7.94. The number of para-hydroxylation sites is 1. The molecule has 1 aromatic carbocycles. The number of aromatic nitrogens is 4. The Labute approximate surface area is 175 Å². The van der Waals surface area contributed by atoms with Crippen molar-refractivity contribution in [1.82, 2.24) is 20.0 Å². The van der Waals surface area contributed by atoms with E-state index in [1.165, 1.54) is 40.5 Å². The third kappa shape index (κ3) is 4.10. The largest absolute Gasteiger partial charge is 0.479 e. The molecule has 11 heteroatoms. The van der Waals surface area contributed by atoms with Gasteiger partial charge in [0, 0.05) is 25.5 Å². The molecule has 3 heterocycles. The predicted octanol–water partition coefficient (Wildman–Crippen LogP) is 2.21. The lowest BCUT2D eigenvalue weighted by molar-refractivity contribution is -0.116. The maximum atomic E-state index is 12.6. The van der Waals surface area contributed by atoms with Crippen molar-refractivity contribution >= 4 is 45.7 Å². The van der Waals surface area contributed by atoms with Gasteiger partial charge in [-0.15, -0.1) is 15.3 Å². The maximum absolute atomic E-state index is 12.6. The standard InChI is InChI=1S/C18H18N6O3S2/c1-23-9-12(16(22-23)27-2)15(26)19-17-20-21-18(29-17)28-10-14(25)24-8-7-11-5-3-4-6-13(11)24/h3-6,9H,7-8,10H2,1-2H3,(H,19,20,26). The number of carbonyl (C=O) groups is 2. The van der Waals surface area contributed by atoms with Crippen LogP contribution in [0.2, 0.25) is 0 Å². The van der Waals surface area contributed by atoms with Crippen molar-refractivity contribution in [2.75, 3.05) is 29.6 Å². The van der Waals surface area contributed by atoms with Gasteiger partial charge >= 0.3 is 0 Å². The predicted molar refractivity (Wildman–Crippen MR) is 111 cm³/mol. The van der Waals surface area contributed by atoms with Crippen LogP contribution in [-0.4, -0.2) is 51.2 Å². The topological polar surface area (TPSA) is 102 Å². The number of rotatable bonds is 6. The molecule has 0 saturated heterocycles. The Morgan fingerprint density at radius 1 is 1.31 bits per heavy atom. The minimum Gasteiger partial charge on any atom is -0.479 e. The van der Waals surface area contributed by atoms with E-state index in [1.54, 1.807) is 18.1 Å². The minimum atomic E-state index is -0.382. The molecular formula is C18H18N6O3S2. The lowest BCUT2D eigenvalue weighted by Gasteiger charge is -2.16. The van der Waals surface area contributed by atoms with Gasteiger partial charge in [0.15, 0.2) is 4.34 Å². The van der Waals surface area contributed by atoms with Gasteiger partial charge in [-0.3, -0.25) is 19.6 Å². The SMILES string of the molecule is COc1nn(C)cc1C(=O)Nc1nnc(SCC(=O)N2CCc3ccccc32)s1. The summed E-state index contributed by atoms with van der Waals surface area (Å²) in [5.74, 6) is 0.140. The van der Waals surface area contributed by atoms with Gasteiger partial charge in [0.05, 0.1) is 12.9 Å². The van der Waals surface area contributed by atoms with E-state index in [-0.39, 0.29) is 23.4 Å². The van der Waals surface area contributed by atoms with E-state index < -0.39 is 0 Å². The molecule has 0 radical (unpaired) electrons. The second-order valence-electron chi connectivity index (χ2n) is 6.27. The zero-order chi connectivity index (χ0) is 20.4. The lowest BCUT2D eigenvalue weighted by atomic mass is 10.2. The summed E-state index contributed by atoms with van der Waals surface area (Å²) < 4.78 is 7.20. The Morgan fingerprint density at radius 3 is 2.97 bits per heavy atom. The van der Waals surface area contributed by atoms with E-state index in [4.69, 9.17) is 4.74 Å². The van der Waals surface area contributed by atoms with Crippen LogP contribution in [0.15, 0.2) is 34.8 Å². The van der Waals surface area contributed by atoms with Crippen molar-refractivity contribution < 1.29 is 14.3 Å². The van der Waals surface area contributed by atoms with Crippen molar-refractivity contribution in [1.29, 1.82) is 0 Å². The van der Waals surface area contributed by atoms with Gasteiger partial charge < -0.3 is 9.64 Å². The zero-order valence-electron chi connectivity index (χ0n) is 15.8. The highest BCUT2D eigenvalue weighted by atomic mass is 32.2. The monoisotopic (exact) mass is 430 g/mol. The number of nitrogens with zero attached hydrogens (tertiary/aromatic N) is 5. The molecule has 0 unspecified atom stereocenters. The molecule has 3 aromatic rings. The highest BCUT2D eigenvalue weighted by Crippen LogP contribution is 2.30. The average Bonchev–Trinajstić information content (AvgIpc) is 3.44. The number of hydrogen-bond donors (Lipinski definition) is 1. The Hall–Kier alpha value is -2.92. The van der Waals surface area contributed by atoms with Crippen LogP contribution in [0.25, 0.3) is 0 Å². The van der Waals surface area contributed by atoms with Crippen molar-refractivity contribution in [3.8, 4) is 5.88 Å². The summed E-state index contributed by atoms with van der Waals surface area (Å²) in [6.45, 7) is 0.698. The van der Waals surface area contributed by atoms with Crippen LogP contribution in [0, 0.1) is 0 Å². The molecule has 0 spiro atoms. The maximum Gasteiger partial charge on any atom is 0.264 e. The van der Waals surface area contributed by atoms with Gasteiger partial charge in [-0.1, -0.05) is 41.3 Å². The Morgan fingerprint density at radius 2 is 2.14 bits per heavy atom. The fraction of sp³-hybridized carbons (Fsp3) is 0.278. The molecule has 1 N–H and O–H groups in total. The first-order valence-corrected chi connectivity index (χ1v) is 10.6. The molecule has 2 amide bonds. The number of nitrogens with one attached hydrogen (secondary N) is 1. The first-order valence-electron chi connectivity index (χ1n) is 8.78. The number of thioether (sulfide) groups is 1. The van der Waals surface area contributed by atoms with E-state index in [2.05, 4.69) is 20.6 Å². The third-order valence-electron chi connectivity index (χ3n) is 4.37. The Kier molecular flexibility index (Phi) is 5.49. The molecule has 9 nitrogen and oxygen atoms in total. The fourth-order valence-electron chi connectivity index (χ4n) is 3.06. The highest BCUT2D eigenvalue weighted by Gasteiger charge is 2.24. The van der Waals surface area contributed by atoms with E-state index in [1.807, 2.05) is 24.3 Å². The molecule has 1 aliphatic rings. The van der Waals surface area contributed by atoms with Crippen LogP contribution in [-0.2, 0) is 18.3 Å². The number of aryl methyl sites for hydroxylation is 1. The van der Waals surface area contributed by atoms with Crippen molar-refractivity contribution in [3.05, 3.63) is 41.6 Å². The summed E-state index contributed by atoms with van der Waals surface area (Å²) in [7, 11) is 3.16.